The largest absolute Gasteiger partial charge is 0.469 e. The van der Waals surface area contributed by atoms with E-state index < -0.39 is 16.2 Å². The predicted molar refractivity (Wildman–Crippen MR) is 74.5 cm³/mol. The number of carbonyl (C=O) groups is 1. The summed E-state index contributed by atoms with van der Waals surface area (Å²) in [7, 11) is -0.802. The molecule has 2 N–H and O–H groups in total. The van der Waals surface area contributed by atoms with E-state index in [1.807, 2.05) is 0 Å². The highest BCUT2D eigenvalue weighted by Crippen LogP contribution is 2.05. The number of hydrogen-bond donors (Lipinski definition) is 2. The molecule has 114 valence electrons. The minimum atomic E-state index is -3.53. The van der Waals surface area contributed by atoms with Crippen LogP contribution >= 0.6 is 12.4 Å². The van der Waals surface area contributed by atoms with Crippen molar-refractivity contribution in [1.82, 2.24) is 14.3 Å². The second kappa shape index (κ2) is 8.70. The van der Waals surface area contributed by atoms with E-state index in [-0.39, 0.29) is 31.4 Å². The Morgan fingerprint density at radius 1 is 1.53 bits per heavy atom. The fraction of sp³-hybridized carbons (Fsp3) is 0.900. The van der Waals surface area contributed by atoms with Crippen LogP contribution in [0.15, 0.2) is 0 Å². The summed E-state index contributed by atoms with van der Waals surface area (Å²) in [5.74, 6) is -0.420. The molecule has 1 aliphatic rings. The van der Waals surface area contributed by atoms with E-state index in [0.717, 1.165) is 23.7 Å². The summed E-state index contributed by atoms with van der Waals surface area (Å²) in [6.07, 6.45) is 1.84. The molecule has 0 saturated carbocycles. The molecule has 1 heterocycles. The van der Waals surface area contributed by atoms with Gasteiger partial charge in [-0.1, -0.05) is 0 Å². The van der Waals surface area contributed by atoms with Crippen LogP contribution in [-0.4, -0.2) is 58.5 Å². The van der Waals surface area contributed by atoms with Crippen LogP contribution in [0.25, 0.3) is 0 Å². The molecule has 1 unspecified atom stereocenters. The Bertz CT molecular complexity index is 371. The quantitative estimate of drug-likeness (QED) is 0.645. The topological polar surface area (TPSA) is 87.7 Å². The molecule has 0 aromatic heterocycles. The van der Waals surface area contributed by atoms with Gasteiger partial charge in [0.05, 0.1) is 13.5 Å². The summed E-state index contributed by atoms with van der Waals surface area (Å²) in [4.78, 5) is 11.0. The van der Waals surface area contributed by atoms with Crippen LogP contribution in [0.5, 0.6) is 0 Å². The summed E-state index contributed by atoms with van der Waals surface area (Å²) < 4.78 is 32.1. The Kier molecular flexibility index (Phi) is 8.51. The van der Waals surface area contributed by atoms with Crippen LogP contribution in [0.1, 0.15) is 19.3 Å². The molecule has 1 rings (SSSR count). The molecule has 1 fully saturated rings. The smallest absolute Gasteiger partial charge is 0.306 e. The Labute approximate surface area is 120 Å². The van der Waals surface area contributed by atoms with Crippen molar-refractivity contribution < 1.29 is 17.9 Å². The standard InChI is InChI=1S/C10H21N3O4S.ClH/c1-13(7-5-10(14)17-2)18(15,16)12-9-4-3-6-11-8-9;/h9,11-12H,3-8H2,1-2H3;1H. The number of rotatable bonds is 6. The molecule has 0 aromatic carbocycles. The van der Waals surface area contributed by atoms with Crippen molar-refractivity contribution in [3.8, 4) is 0 Å². The van der Waals surface area contributed by atoms with Crippen molar-refractivity contribution in [2.45, 2.75) is 25.3 Å². The van der Waals surface area contributed by atoms with Gasteiger partial charge in [-0.2, -0.15) is 17.4 Å². The van der Waals surface area contributed by atoms with E-state index >= 15 is 0 Å². The second-order valence-electron chi connectivity index (χ2n) is 4.31. The molecule has 0 amide bonds. The van der Waals surface area contributed by atoms with E-state index in [4.69, 9.17) is 0 Å². The van der Waals surface area contributed by atoms with Gasteiger partial charge in [0.25, 0.3) is 10.2 Å². The Morgan fingerprint density at radius 3 is 2.74 bits per heavy atom. The first-order valence-electron chi connectivity index (χ1n) is 5.97. The molecule has 0 radical (unpaired) electrons. The van der Waals surface area contributed by atoms with E-state index in [2.05, 4.69) is 14.8 Å². The van der Waals surface area contributed by atoms with E-state index in [1.54, 1.807) is 0 Å². The SMILES string of the molecule is COC(=O)CCN(C)S(=O)(=O)NC1CCCNC1.Cl. The molecule has 0 bridgehead atoms. The van der Waals surface area contributed by atoms with Crippen molar-refractivity contribution in [2.75, 3.05) is 33.8 Å². The van der Waals surface area contributed by atoms with Gasteiger partial charge >= 0.3 is 5.97 Å². The van der Waals surface area contributed by atoms with Crippen LogP contribution < -0.4 is 10.0 Å². The van der Waals surface area contributed by atoms with Gasteiger partial charge in [0, 0.05) is 26.2 Å². The lowest BCUT2D eigenvalue weighted by Crippen LogP contribution is -2.50. The molecule has 19 heavy (non-hydrogen) atoms. The summed E-state index contributed by atoms with van der Waals surface area (Å²) in [5, 5.41) is 3.14. The first-order chi connectivity index (χ1) is 8.45. The normalized spacial score (nSPS) is 19.8. The number of esters is 1. The Hall–Kier alpha value is -0.410. The molecule has 9 heteroatoms. The molecule has 1 aliphatic heterocycles. The predicted octanol–water partition coefficient (Wildman–Crippen LogP) is -0.510. The maximum atomic E-state index is 11.9. The van der Waals surface area contributed by atoms with E-state index in [1.165, 1.54) is 14.2 Å². The summed E-state index contributed by atoms with van der Waals surface area (Å²) in [6.45, 7) is 1.68. The van der Waals surface area contributed by atoms with Gasteiger partial charge in [0.15, 0.2) is 0 Å². The van der Waals surface area contributed by atoms with E-state index in [9.17, 15) is 13.2 Å². The van der Waals surface area contributed by atoms with Gasteiger partial charge in [0.2, 0.25) is 0 Å². The van der Waals surface area contributed by atoms with Crippen molar-refractivity contribution in [1.29, 1.82) is 0 Å². The van der Waals surface area contributed by atoms with Crippen LogP contribution in [0, 0.1) is 0 Å². The minimum absolute atomic E-state index is 0. The van der Waals surface area contributed by atoms with Crippen LogP contribution in [-0.2, 0) is 19.7 Å². The summed E-state index contributed by atoms with van der Waals surface area (Å²) >= 11 is 0. The zero-order valence-electron chi connectivity index (χ0n) is 11.2. The average molecular weight is 316 g/mol. The third-order valence-electron chi connectivity index (χ3n) is 2.88. The first-order valence-corrected chi connectivity index (χ1v) is 7.41. The van der Waals surface area contributed by atoms with Crippen LogP contribution in [0.2, 0.25) is 0 Å². The van der Waals surface area contributed by atoms with Crippen LogP contribution in [0.3, 0.4) is 0 Å². The third kappa shape index (κ3) is 6.53. The van der Waals surface area contributed by atoms with Gasteiger partial charge in [0.1, 0.15) is 0 Å². The fourth-order valence-electron chi connectivity index (χ4n) is 1.72. The molecule has 0 aliphatic carbocycles. The highest BCUT2D eigenvalue weighted by atomic mass is 35.5. The second-order valence-corrected chi connectivity index (χ2v) is 6.12. The van der Waals surface area contributed by atoms with Crippen molar-refractivity contribution in [3.63, 3.8) is 0 Å². The lowest BCUT2D eigenvalue weighted by molar-refractivity contribution is -0.140. The molecular weight excluding hydrogens is 294 g/mol. The minimum Gasteiger partial charge on any atom is -0.469 e. The number of nitrogens with zero attached hydrogens (tertiary/aromatic N) is 1. The Morgan fingerprint density at radius 2 is 2.21 bits per heavy atom. The van der Waals surface area contributed by atoms with Crippen molar-refractivity contribution >= 4 is 28.6 Å². The molecule has 0 spiro atoms. The number of carbonyl (C=O) groups excluding carboxylic acids is 1. The number of nitrogens with one attached hydrogen (secondary N) is 2. The maximum absolute atomic E-state index is 11.9. The molecule has 1 atom stereocenters. The number of hydrogen-bond acceptors (Lipinski definition) is 5. The average Bonchev–Trinajstić information content (AvgIpc) is 2.36. The van der Waals surface area contributed by atoms with Gasteiger partial charge < -0.3 is 10.1 Å². The van der Waals surface area contributed by atoms with Crippen molar-refractivity contribution in [3.05, 3.63) is 0 Å². The molecule has 0 aromatic rings. The number of methoxy groups -OCH3 is 1. The molecule has 7 nitrogen and oxygen atoms in total. The molecule has 1 saturated heterocycles. The van der Waals surface area contributed by atoms with Crippen LogP contribution in [0.4, 0.5) is 0 Å². The van der Waals surface area contributed by atoms with Gasteiger partial charge in [-0.05, 0) is 19.4 Å². The van der Waals surface area contributed by atoms with Gasteiger partial charge in [-0.3, -0.25) is 4.79 Å². The van der Waals surface area contributed by atoms with Gasteiger partial charge in [-0.25, -0.2) is 0 Å². The summed E-state index contributed by atoms with van der Waals surface area (Å²) in [6, 6.07) is -0.0793. The maximum Gasteiger partial charge on any atom is 0.306 e. The zero-order chi connectivity index (χ0) is 13.6. The lowest BCUT2D eigenvalue weighted by Gasteiger charge is -2.26. The summed E-state index contributed by atoms with van der Waals surface area (Å²) in [5.41, 5.74) is 0. The zero-order valence-corrected chi connectivity index (χ0v) is 12.8. The lowest BCUT2D eigenvalue weighted by atomic mass is 10.1. The van der Waals surface area contributed by atoms with Gasteiger partial charge in [-0.15, -0.1) is 12.4 Å². The number of piperidine rings is 1. The highest BCUT2D eigenvalue weighted by Gasteiger charge is 2.23. The Balaban J connectivity index is 0.00000324. The highest BCUT2D eigenvalue weighted by molar-refractivity contribution is 7.87. The fourth-order valence-corrected chi connectivity index (χ4v) is 2.86. The number of ether oxygens (including phenoxy) is 1. The first kappa shape index (κ1) is 18.6. The van der Waals surface area contributed by atoms with Crippen molar-refractivity contribution in [2.24, 2.45) is 0 Å². The monoisotopic (exact) mass is 315 g/mol. The molecular formula is C10H22ClN3O4S. The number of halogens is 1. The van der Waals surface area contributed by atoms with E-state index in [0.29, 0.717) is 6.54 Å². The third-order valence-corrected chi connectivity index (χ3v) is 4.52.